The highest BCUT2D eigenvalue weighted by Gasteiger charge is 2.32. The Morgan fingerprint density at radius 3 is 2.42 bits per heavy atom. The van der Waals surface area contributed by atoms with Gasteiger partial charge in [0.2, 0.25) is 0 Å². The van der Waals surface area contributed by atoms with Crippen LogP contribution in [0.3, 0.4) is 0 Å². The lowest BCUT2D eigenvalue weighted by Crippen LogP contribution is -2.30. The number of amides is 1. The van der Waals surface area contributed by atoms with Gasteiger partial charge >= 0.3 is 0 Å². The van der Waals surface area contributed by atoms with E-state index in [9.17, 15) is 14.9 Å². The summed E-state index contributed by atoms with van der Waals surface area (Å²) >= 11 is 6.76. The number of rotatable bonds is 7. The maximum atomic E-state index is 13.3. The molecule has 2 aromatic carbocycles. The van der Waals surface area contributed by atoms with Gasteiger partial charge in [-0.15, -0.1) is 0 Å². The fourth-order valence-electron chi connectivity index (χ4n) is 4.05. The second kappa shape index (κ2) is 10.9. The minimum absolute atomic E-state index is 0.0594. The molecule has 0 spiro atoms. The number of carbonyl (C=O) groups excluding carboxylic acids is 1. The number of carbonyl (C=O) groups is 1. The lowest BCUT2D eigenvalue weighted by Gasteiger charge is -2.18. The highest BCUT2D eigenvalue weighted by atomic mass is 32.2. The van der Waals surface area contributed by atoms with Crippen molar-refractivity contribution in [2.45, 2.75) is 26.8 Å². The van der Waals surface area contributed by atoms with E-state index in [0.717, 1.165) is 16.7 Å². The number of aromatic nitrogens is 1. The van der Waals surface area contributed by atoms with Gasteiger partial charge in [-0.2, -0.15) is 5.26 Å². The Hall–Kier alpha value is -3.67. The summed E-state index contributed by atoms with van der Waals surface area (Å²) in [6.45, 7) is 4.73. The minimum Gasteiger partial charge on any atom is -0.367 e. The van der Waals surface area contributed by atoms with Crippen molar-refractivity contribution in [1.29, 1.82) is 5.26 Å². The van der Waals surface area contributed by atoms with Gasteiger partial charge in [0.25, 0.3) is 11.5 Å². The van der Waals surface area contributed by atoms with Crippen LogP contribution in [0, 0.1) is 25.2 Å². The van der Waals surface area contributed by atoms with Crippen LogP contribution >= 0.6 is 24.0 Å². The number of anilines is 1. The third-order valence-corrected chi connectivity index (χ3v) is 7.57. The van der Waals surface area contributed by atoms with Gasteiger partial charge in [-0.05, 0) is 43.0 Å². The zero-order valence-corrected chi connectivity index (χ0v) is 22.0. The number of nitrogens with zero attached hydrogens (tertiary/aromatic N) is 3. The minimum atomic E-state index is -0.381. The number of benzene rings is 2. The Balaban J connectivity index is 1.67. The van der Waals surface area contributed by atoms with Gasteiger partial charge in [0.15, 0.2) is 0 Å². The SMILES string of the molecule is Cc1ccc(CNc2c(/C=C3\SC(=S)N(CCc4ccccc4)C3=O)c(C)c(C#N)c(=O)n2C)cc1. The molecule has 0 bridgehead atoms. The van der Waals surface area contributed by atoms with Gasteiger partial charge in [-0.3, -0.25) is 19.1 Å². The first-order chi connectivity index (χ1) is 17.3. The van der Waals surface area contributed by atoms with Crippen LogP contribution in [0.5, 0.6) is 0 Å². The molecule has 2 heterocycles. The van der Waals surface area contributed by atoms with E-state index >= 15 is 0 Å². The third-order valence-electron chi connectivity index (χ3n) is 6.20. The van der Waals surface area contributed by atoms with Crippen LogP contribution in [0.1, 0.15) is 33.4 Å². The van der Waals surface area contributed by atoms with E-state index in [2.05, 4.69) is 5.32 Å². The van der Waals surface area contributed by atoms with Gasteiger partial charge in [0, 0.05) is 25.7 Å². The molecule has 182 valence electrons. The van der Waals surface area contributed by atoms with E-state index in [1.165, 1.54) is 16.3 Å². The number of aryl methyl sites for hydroxylation is 1. The number of hydrogen-bond donors (Lipinski definition) is 1. The van der Waals surface area contributed by atoms with E-state index in [1.54, 1.807) is 24.9 Å². The summed E-state index contributed by atoms with van der Waals surface area (Å²) in [6, 6.07) is 20.1. The first-order valence-corrected chi connectivity index (χ1v) is 12.7. The number of thiocarbonyl (C=S) groups is 1. The predicted molar refractivity (Wildman–Crippen MR) is 150 cm³/mol. The van der Waals surface area contributed by atoms with Crippen LogP contribution in [0.15, 0.2) is 64.3 Å². The van der Waals surface area contributed by atoms with Crippen molar-refractivity contribution >= 4 is 46.1 Å². The summed E-state index contributed by atoms with van der Waals surface area (Å²) in [5.74, 6) is 0.379. The fourth-order valence-corrected chi connectivity index (χ4v) is 5.34. The molecule has 3 aromatic rings. The number of pyridine rings is 1. The summed E-state index contributed by atoms with van der Waals surface area (Å²) in [4.78, 5) is 28.2. The van der Waals surface area contributed by atoms with Gasteiger partial charge in [0.05, 0.1) is 4.91 Å². The highest BCUT2D eigenvalue weighted by molar-refractivity contribution is 8.26. The molecule has 0 aliphatic carbocycles. The van der Waals surface area contributed by atoms with E-state index in [0.29, 0.717) is 45.7 Å². The van der Waals surface area contributed by atoms with E-state index in [-0.39, 0.29) is 17.0 Å². The molecule has 8 heteroatoms. The van der Waals surface area contributed by atoms with Crippen LogP contribution in [0.25, 0.3) is 6.08 Å². The smallest absolute Gasteiger partial charge is 0.270 e. The van der Waals surface area contributed by atoms with Crippen molar-refractivity contribution in [2.75, 3.05) is 11.9 Å². The average Bonchev–Trinajstić information content (AvgIpc) is 3.14. The molecular weight excluding hydrogens is 488 g/mol. The van der Waals surface area contributed by atoms with Crippen molar-refractivity contribution in [3.05, 3.63) is 103 Å². The average molecular weight is 515 g/mol. The standard InChI is InChI=1S/C28H26N4O2S2/c1-18-9-11-21(12-10-18)17-30-25-22(19(2)23(16-29)26(33)31(25)3)15-24-27(34)32(28(35)36-24)14-13-20-7-5-4-6-8-20/h4-12,15,30H,13-14,17H2,1-3H3/b24-15-. The van der Waals surface area contributed by atoms with Gasteiger partial charge in [-0.1, -0.05) is 84.1 Å². The Labute approximate surface area is 220 Å². The molecule has 0 unspecified atom stereocenters. The van der Waals surface area contributed by atoms with E-state index in [1.807, 2.05) is 67.6 Å². The zero-order valence-electron chi connectivity index (χ0n) is 20.4. The lowest BCUT2D eigenvalue weighted by molar-refractivity contribution is -0.122. The van der Waals surface area contributed by atoms with Gasteiger partial charge in [0.1, 0.15) is 21.8 Å². The third kappa shape index (κ3) is 5.27. The highest BCUT2D eigenvalue weighted by Crippen LogP contribution is 2.35. The second-order valence-corrected chi connectivity index (χ2v) is 10.3. The molecule has 1 N–H and O–H groups in total. The molecular formula is C28H26N4O2S2. The summed E-state index contributed by atoms with van der Waals surface area (Å²) in [6.07, 6.45) is 2.44. The van der Waals surface area contributed by atoms with Crippen LogP contribution < -0.4 is 10.9 Å². The summed E-state index contributed by atoms with van der Waals surface area (Å²) in [5, 5.41) is 13.0. The van der Waals surface area contributed by atoms with E-state index < -0.39 is 0 Å². The van der Waals surface area contributed by atoms with Crippen LogP contribution in [-0.4, -0.2) is 26.2 Å². The van der Waals surface area contributed by atoms with Crippen molar-refractivity contribution in [3.63, 3.8) is 0 Å². The topological polar surface area (TPSA) is 78.1 Å². The van der Waals surface area contributed by atoms with Crippen molar-refractivity contribution < 1.29 is 4.79 Å². The summed E-state index contributed by atoms with van der Waals surface area (Å²) in [7, 11) is 1.63. The maximum absolute atomic E-state index is 13.3. The van der Waals surface area contributed by atoms with Crippen LogP contribution in [0.2, 0.25) is 0 Å². The van der Waals surface area contributed by atoms with Gasteiger partial charge in [-0.25, -0.2) is 0 Å². The number of nitriles is 1. The Kier molecular flexibility index (Phi) is 7.73. The molecule has 0 atom stereocenters. The first-order valence-electron chi connectivity index (χ1n) is 11.5. The number of thioether (sulfide) groups is 1. The van der Waals surface area contributed by atoms with Crippen LogP contribution in [-0.2, 0) is 24.8 Å². The quantitative estimate of drug-likeness (QED) is 0.356. The van der Waals surface area contributed by atoms with Gasteiger partial charge < -0.3 is 5.32 Å². The predicted octanol–water partition coefficient (Wildman–Crippen LogP) is 4.93. The molecule has 1 aliphatic rings. The molecule has 4 rings (SSSR count). The number of nitrogens with one attached hydrogen (secondary N) is 1. The zero-order chi connectivity index (χ0) is 25.8. The normalized spacial score (nSPS) is 14.4. The summed E-state index contributed by atoms with van der Waals surface area (Å²) in [5.41, 5.74) is 4.18. The number of hydrogen-bond acceptors (Lipinski definition) is 6. The van der Waals surface area contributed by atoms with Crippen molar-refractivity contribution in [3.8, 4) is 6.07 Å². The maximum Gasteiger partial charge on any atom is 0.270 e. The second-order valence-electron chi connectivity index (χ2n) is 8.65. The van der Waals surface area contributed by atoms with Crippen molar-refractivity contribution in [1.82, 2.24) is 9.47 Å². The molecule has 1 aliphatic heterocycles. The molecule has 1 fully saturated rings. The molecule has 6 nitrogen and oxygen atoms in total. The molecule has 1 saturated heterocycles. The molecule has 1 aromatic heterocycles. The first kappa shape index (κ1) is 25.4. The van der Waals surface area contributed by atoms with Crippen LogP contribution in [0.4, 0.5) is 5.82 Å². The molecule has 0 radical (unpaired) electrons. The molecule has 36 heavy (non-hydrogen) atoms. The summed E-state index contributed by atoms with van der Waals surface area (Å²) < 4.78 is 1.93. The molecule has 0 saturated carbocycles. The monoisotopic (exact) mass is 514 g/mol. The Bertz CT molecular complexity index is 1450. The fraction of sp³-hybridized carbons (Fsp3) is 0.214. The largest absolute Gasteiger partial charge is 0.367 e. The van der Waals surface area contributed by atoms with Crippen molar-refractivity contribution in [2.24, 2.45) is 7.05 Å². The van der Waals surface area contributed by atoms with E-state index in [4.69, 9.17) is 12.2 Å². The molecule has 1 amide bonds. The lowest BCUT2D eigenvalue weighted by atomic mass is 10.0. The Morgan fingerprint density at radius 2 is 1.75 bits per heavy atom. The Morgan fingerprint density at radius 1 is 1.06 bits per heavy atom.